The van der Waals surface area contributed by atoms with E-state index in [0.29, 0.717) is 11.1 Å². The molecule has 0 radical (unpaired) electrons. The number of nitrogens with one attached hydrogen (secondary N) is 1. The number of halogens is 1. The minimum Gasteiger partial charge on any atom is -0.466 e. The van der Waals surface area contributed by atoms with Crippen LogP contribution in [-0.2, 0) is 0 Å². The molecule has 2 aromatic heterocycles. The third kappa shape index (κ3) is 2.80. The number of hydrogen-bond acceptors (Lipinski definition) is 4. The Labute approximate surface area is 123 Å². The van der Waals surface area contributed by atoms with Crippen LogP contribution in [0.4, 0.5) is 5.82 Å². The maximum Gasteiger partial charge on any atom is 0.135 e. The lowest BCUT2D eigenvalue weighted by Crippen LogP contribution is -2.09. The van der Waals surface area contributed by atoms with E-state index >= 15 is 0 Å². The highest BCUT2D eigenvalue weighted by Crippen LogP contribution is 2.39. The van der Waals surface area contributed by atoms with Crippen LogP contribution in [0.5, 0.6) is 0 Å². The third-order valence-electron chi connectivity index (χ3n) is 3.56. The number of rotatable bonds is 4. The Bertz CT molecular complexity index is 634. The van der Waals surface area contributed by atoms with Crippen LogP contribution in [0.25, 0.3) is 0 Å². The first kappa shape index (κ1) is 13.4. The van der Waals surface area contributed by atoms with Crippen LogP contribution < -0.4 is 5.32 Å². The molecule has 106 valence electrons. The maximum absolute atomic E-state index is 6.08. The van der Waals surface area contributed by atoms with Gasteiger partial charge in [0.2, 0.25) is 0 Å². The molecule has 1 N–H and O–H groups in total. The lowest BCUT2D eigenvalue weighted by atomic mass is 10.1. The number of nitrogens with zero attached hydrogens (tertiary/aromatic N) is 2. The molecule has 0 aliphatic heterocycles. The van der Waals surface area contributed by atoms with Crippen molar-refractivity contribution in [3.8, 4) is 0 Å². The molecule has 5 heteroatoms. The minimum atomic E-state index is 0.116. The van der Waals surface area contributed by atoms with Gasteiger partial charge in [0.05, 0.1) is 6.04 Å². The summed E-state index contributed by atoms with van der Waals surface area (Å²) in [6.07, 6.45) is 2.32. The van der Waals surface area contributed by atoms with E-state index in [1.165, 1.54) is 0 Å². The van der Waals surface area contributed by atoms with Crippen LogP contribution in [-0.4, -0.2) is 9.97 Å². The van der Waals surface area contributed by atoms with Crippen LogP contribution in [0.1, 0.15) is 54.6 Å². The van der Waals surface area contributed by atoms with Crippen molar-refractivity contribution >= 4 is 17.4 Å². The monoisotopic (exact) mass is 291 g/mol. The van der Waals surface area contributed by atoms with Gasteiger partial charge in [-0.3, -0.25) is 0 Å². The number of aryl methyl sites for hydroxylation is 2. The second kappa shape index (κ2) is 5.09. The second-order valence-electron chi connectivity index (χ2n) is 5.44. The van der Waals surface area contributed by atoms with Crippen molar-refractivity contribution in [3.63, 3.8) is 0 Å². The number of furan rings is 1. The van der Waals surface area contributed by atoms with E-state index in [4.69, 9.17) is 16.0 Å². The summed E-state index contributed by atoms with van der Waals surface area (Å²) in [6, 6.07) is 3.94. The number of anilines is 1. The van der Waals surface area contributed by atoms with E-state index in [0.717, 1.165) is 41.6 Å². The molecule has 0 aromatic carbocycles. The molecule has 1 atom stereocenters. The average molecular weight is 292 g/mol. The Morgan fingerprint density at radius 3 is 2.65 bits per heavy atom. The van der Waals surface area contributed by atoms with Gasteiger partial charge in [0.25, 0.3) is 0 Å². The highest BCUT2D eigenvalue weighted by molar-refractivity contribution is 6.29. The highest BCUT2D eigenvalue weighted by Gasteiger charge is 2.27. The van der Waals surface area contributed by atoms with Crippen molar-refractivity contribution in [1.82, 2.24) is 9.97 Å². The molecular weight excluding hydrogens is 274 g/mol. The maximum atomic E-state index is 6.08. The largest absolute Gasteiger partial charge is 0.466 e. The van der Waals surface area contributed by atoms with Crippen molar-refractivity contribution in [2.45, 2.75) is 45.6 Å². The molecule has 4 nitrogen and oxygen atoms in total. The zero-order chi connectivity index (χ0) is 14.3. The van der Waals surface area contributed by atoms with Gasteiger partial charge in [-0.05, 0) is 39.7 Å². The van der Waals surface area contributed by atoms with Crippen LogP contribution in [0.15, 0.2) is 16.5 Å². The van der Waals surface area contributed by atoms with Gasteiger partial charge in [-0.2, -0.15) is 0 Å². The van der Waals surface area contributed by atoms with Gasteiger partial charge in [-0.25, -0.2) is 9.97 Å². The summed E-state index contributed by atoms with van der Waals surface area (Å²) in [5.74, 6) is 3.98. The summed E-state index contributed by atoms with van der Waals surface area (Å²) >= 11 is 6.08. The zero-order valence-electron chi connectivity index (χ0n) is 11.9. The SMILES string of the molecule is Cc1cc(C(C)Nc2cc(Cl)nc(C3CC3)n2)c(C)o1. The van der Waals surface area contributed by atoms with Crippen LogP contribution in [0, 0.1) is 13.8 Å². The molecule has 20 heavy (non-hydrogen) atoms. The molecule has 2 aromatic rings. The smallest absolute Gasteiger partial charge is 0.135 e. The molecule has 1 unspecified atom stereocenters. The molecule has 0 spiro atoms. The van der Waals surface area contributed by atoms with Gasteiger partial charge in [0.1, 0.15) is 28.3 Å². The van der Waals surface area contributed by atoms with E-state index in [-0.39, 0.29) is 6.04 Å². The normalized spacial score (nSPS) is 16.2. The number of hydrogen-bond donors (Lipinski definition) is 1. The summed E-state index contributed by atoms with van der Waals surface area (Å²) in [5, 5.41) is 3.88. The Morgan fingerprint density at radius 1 is 1.30 bits per heavy atom. The van der Waals surface area contributed by atoms with Gasteiger partial charge in [0, 0.05) is 17.5 Å². The third-order valence-corrected chi connectivity index (χ3v) is 3.76. The molecule has 2 heterocycles. The molecule has 1 saturated carbocycles. The van der Waals surface area contributed by atoms with Gasteiger partial charge in [0.15, 0.2) is 0 Å². The Morgan fingerprint density at radius 2 is 2.05 bits per heavy atom. The van der Waals surface area contributed by atoms with Gasteiger partial charge >= 0.3 is 0 Å². The van der Waals surface area contributed by atoms with Crippen LogP contribution >= 0.6 is 11.6 Å². The van der Waals surface area contributed by atoms with Crippen molar-refractivity contribution in [3.05, 3.63) is 40.2 Å². The molecule has 0 amide bonds. The quantitative estimate of drug-likeness (QED) is 0.849. The molecule has 1 aliphatic rings. The summed E-state index contributed by atoms with van der Waals surface area (Å²) in [6.45, 7) is 6.02. The topological polar surface area (TPSA) is 51.0 Å². The summed E-state index contributed by atoms with van der Waals surface area (Å²) in [5.41, 5.74) is 1.14. The zero-order valence-corrected chi connectivity index (χ0v) is 12.7. The summed E-state index contributed by atoms with van der Waals surface area (Å²) in [4.78, 5) is 8.85. The standard InChI is InChI=1S/C15H18ClN3O/c1-8-6-12(10(3)20-8)9(2)17-14-7-13(16)18-15(19-14)11-4-5-11/h6-7,9,11H,4-5H2,1-3H3,(H,17,18,19). The predicted octanol–water partition coefficient (Wildman–Crippen LogP) is 4.39. The van der Waals surface area contributed by atoms with Crippen molar-refractivity contribution in [1.29, 1.82) is 0 Å². The van der Waals surface area contributed by atoms with E-state index in [9.17, 15) is 0 Å². The van der Waals surface area contributed by atoms with Gasteiger partial charge < -0.3 is 9.73 Å². The summed E-state index contributed by atoms with van der Waals surface area (Å²) in [7, 11) is 0. The summed E-state index contributed by atoms with van der Waals surface area (Å²) < 4.78 is 5.57. The molecule has 3 rings (SSSR count). The van der Waals surface area contributed by atoms with Gasteiger partial charge in [-0.1, -0.05) is 11.6 Å². The Kier molecular flexibility index (Phi) is 3.42. The Balaban J connectivity index is 1.81. The molecule has 1 aliphatic carbocycles. The van der Waals surface area contributed by atoms with Gasteiger partial charge in [-0.15, -0.1) is 0 Å². The number of aromatic nitrogens is 2. The van der Waals surface area contributed by atoms with Crippen molar-refractivity contribution in [2.75, 3.05) is 5.32 Å². The first-order chi connectivity index (χ1) is 9.52. The predicted molar refractivity (Wildman–Crippen MR) is 79.2 cm³/mol. The van der Waals surface area contributed by atoms with E-state index < -0.39 is 0 Å². The van der Waals surface area contributed by atoms with Crippen LogP contribution in [0.2, 0.25) is 5.15 Å². The molecule has 0 bridgehead atoms. The molecule has 1 fully saturated rings. The lowest BCUT2D eigenvalue weighted by molar-refractivity contribution is 0.499. The first-order valence-corrected chi connectivity index (χ1v) is 7.28. The fourth-order valence-corrected chi connectivity index (χ4v) is 2.60. The van der Waals surface area contributed by atoms with Crippen molar-refractivity contribution in [2.24, 2.45) is 0 Å². The van der Waals surface area contributed by atoms with E-state index in [2.05, 4.69) is 28.3 Å². The average Bonchev–Trinajstić information content (AvgIpc) is 3.14. The molecular formula is C15H18ClN3O. The molecule has 0 saturated heterocycles. The van der Waals surface area contributed by atoms with Crippen LogP contribution in [0.3, 0.4) is 0 Å². The fourth-order valence-electron chi connectivity index (χ4n) is 2.41. The highest BCUT2D eigenvalue weighted by atomic mass is 35.5. The van der Waals surface area contributed by atoms with E-state index in [1.807, 2.05) is 13.8 Å². The van der Waals surface area contributed by atoms with Crippen molar-refractivity contribution < 1.29 is 4.42 Å². The van der Waals surface area contributed by atoms with E-state index in [1.54, 1.807) is 6.07 Å². The lowest BCUT2D eigenvalue weighted by Gasteiger charge is -2.14. The Hall–Kier alpha value is -1.55. The first-order valence-electron chi connectivity index (χ1n) is 6.91. The fraction of sp³-hybridized carbons (Fsp3) is 0.467. The second-order valence-corrected chi connectivity index (χ2v) is 5.83. The minimum absolute atomic E-state index is 0.116.